The molecule has 0 aliphatic carbocycles. The summed E-state index contributed by atoms with van der Waals surface area (Å²) in [5.41, 5.74) is 2.18. The minimum Gasteiger partial charge on any atom is -0.322 e. The zero-order valence-corrected chi connectivity index (χ0v) is 11.4. The molecule has 0 fully saturated rings. The van der Waals surface area contributed by atoms with E-state index in [0.29, 0.717) is 11.3 Å². The van der Waals surface area contributed by atoms with E-state index in [2.05, 4.69) is 15.2 Å². The number of nitrogens with one attached hydrogen (secondary N) is 1. The Bertz CT molecular complexity index is 579. The van der Waals surface area contributed by atoms with E-state index in [-0.39, 0.29) is 5.91 Å². The molecule has 1 amide bonds. The number of hydrogen-bond donors (Lipinski definition) is 1. The molecule has 0 aliphatic rings. The van der Waals surface area contributed by atoms with Crippen molar-refractivity contribution in [2.75, 3.05) is 19.4 Å². The predicted octanol–water partition coefficient (Wildman–Crippen LogP) is 2.53. The van der Waals surface area contributed by atoms with Gasteiger partial charge >= 0.3 is 0 Å². The summed E-state index contributed by atoms with van der Waals surface area (Å²) in [7, 11) is 3.99. The summed E-state index contributed by atoms with van der Waals surface area (Å²) in [6, 6.07) is 10.2. The van der Waals surface area contributed by atoms with Crippen molar-refractivity contribution in [1.29, 1.82) is 0 Å². The summed E-state index contributed by atoms with van der Waals surface area (Å²) < 4.78 is 12.7. The van der Waals surface area contributed by atoms with Crippen LogP contribution in [0.1, 0.15) is 15.9 Å². The number of pyridine rings is 1. The van der Waals surface area contributed by atoms with Crippen LogP contribution < -0.4 is 5.32 Å². The van der Waals surface area contributed by atoms with Gasteiger partial charge in [-0.1, -0.05) is 12.1 Å². The van der Waals surface area contributed by atoms with Gasteiger partial charge in [-0.25, -0.2) is 4.98 Å². The Morgan fingerprint density at radius 2 is 1.90 bits per heavy atom. The summed E-state index contributed by atoms with van der Waals surface area (Å²) in [5.74, 6) is -0.910. The fourth-order valence-corrected chi connectivity index (χ4v) is 1.77. The van der Waals surface area contributed by atoms with Crippen LogP contribution in [0.5, 0.6) is 0 Å². The van der Waals surface area contributed by atoms with Crippen LogP contribution in [0, 0.1) is 5.95 Å². The van der Waals surface area contributed by atoms with E-state index >= 15 is 0 Å². The average molecular weight is 273 g/mol. The first-order valence-electron chi connectivity index (χ1n) is 6.21. The summed E-state index contributed by atoms with van der Waals surface area (Å²) in [4.78, 5) is 17.4. The highest BCUT2D eigenvalue weighted by Gasteiger charge is 2.06. The third-order valence-electron chi connectivity index (χ3n) is 2.70. The van der Waals surface area contributed by atoms with Crippen molar-refractivity contribution in [3.63, 3.8) is 0 Å². The summed E-state index contributed by atoms with van der Waals surface area (Å²) in [6.45, 7) is 0.843. The number of amides is 1. The Morgan fingerprint density at radius 3 is 2.45 bits per heavy atom. The van der Waals surface area contributed by atoms with E-state index in [1.54, 1.807) is 0 Å². The predicted molar refractivity (Wildman–Crippen MR) is 76.0 cm³/mol. The highest BCUT2D eigenvalue weighted by Crippen LogP contribution is 2.12. The quantitative estimate of drug-likeness (QED) is 0.871. The van der Waals surface area contributed by atoms with E-state index in [9.17, 15) is 9.18 Å². The maximum Gasteiger partial charge on any atom is 0.257 e. The fraction of sp³-hybridized carbons (Fsp3) is 0.200. The number of anilines is 1. The first-order chi connectivity index (χ1) is 9.54. The van der Waals surface area contributed by atoms with E-state index < -0.39 is 5.95 Å². The van der Waals surface area contributed by atoms with E-state index in [4.69, 9.17) is 0 Å². The molecule has 0 saturated heterocycles. The standard InChI is InChI=1S/C15H16FN3O/c1-19(2)10-11-3-6-13(7-4-11)18-15(20)12-5-8-14(16)17-9-12/h3-9H,10H2,1-2H3,(H,18,20). The minimum absolute atomic E-state index is 0.308. The number of rotatable bonds is 4. The van der Waals surface area contributed by atoms with Crippen molar-refractivity contribution < 1.29 is 9.18 Å². The Labute approximate surface area is 117 Å². The average Bonchev–Trinajstić information content (AvgIpc) is 2.41. The normalized spacial score (nSPS) is 10.6. The molecule has 0 spiro atoms. The van der Waals surface area contributed by atoms with E-state index in [0.717, 1.165) is 18.2 Å². The number of halogens is 1. The maximum atomic E-state index is 12.7. The molecular weight excluding hydrogens is 257 g/mol. The van der Waals surface area contributed by atoms with Crippen molar-refractivity contribution in [3.8, 4) is 0 Å². The van der Waals surface area contributed by atoms with Crippen LogP contribution in [0.2, 0.25) is 0 Å². The van der Waals surface area contributed by atoms with Gasteiger partial charge in [0, 0.05) is 18.4 Å². The van der Waals surface area contributed by atoms with Crippen LogP contribution in [0.15, 0.2) is 42.6 Å². The third-order valence-corrected chi connectivity index (χ3v) is 2.70. The molecule has 0 saturated carbocycles. The van der Waals surface area contributed by atoms with Crippen LogP contribution in [-0.4, -0.2) is 29.9 Å². The second-order valence-corrected chi connectivity index (χ2v) is 4.76. The second-order valence-electron chi connectivity index (χ2n) is 4.76. The van der Waals surface area contributed by atoms with Gasteiger partial charge in [0.1, 0.15) is 0 Å². The summed E-state index contributed by atoms with van der Waals surface area (Å²) in [6.07, 6.45) is 1.21. The van der Waals surface area contributed by atoms with Gasteiger partial charge in [-0.15, -0.1) is 0 Å². The number of benzene rings is 1. The third kappa shape index (κ3) is 3.86. The maximum absolute atomic E-state index is 12.7. The molecule has 4 nitrogen and oxygen atoms in total. The van der Waals surface area contributed by atoms with Crippen molar-refractivity contribution in [1.82, 2.24) is 9.88 Å². The zero-order chi connectivity index (χ0) is 14.5. The lowest BCUT2D eigenvalue weighted by atomic mass is 10.2. The Balaban J connectivity index is 2.02. The molecule has 5 heteroatoms. The molecule has 0 radical (unpaired) electrons. The first-order valence-corrected chi connectivity index (χ1v) is 6.21. The van der Waals surface area contributed by atoms with Crippen molar-refractivity contribution in [3.05, 3.63) is 59.7 Å². The van der Waals surface area contributed by atoms with Gasteiger partial charge in [-0.05, 0) is 43.9 Å². The van der Waals surface area contributed by atoms with Crippen LogP contribution >= 0.6 is 0 Å². The minimum atomic E-state index is -0.602. The second kappa shape index (κ2) is 6.25. The van der Waals surface area contributed by atoms with Crippen LogP contribution in [0.4, 0.5) is 10.1 Å². The molecule has 0 atom stereocenters. The molecule has 0 aliphatic heterocycles. The fourth-order valence-electron chi connectivity index (χ4n) is 1.77. The molecule has 0 unspecified atom stereocenters. The van der Waals surface area contributed by atoms with Gasteiger partial charge in [-0.2, -0.15) is 4.39 Å². The number of carbonyl (C=O) groups is 1. The van der Waals surface area contributed by atoms with Crippen molar-refractivity contribution >= 4 is 11.6 Å². The van der Waals surface area contributed by atoms with E-state index in [1.165, 1.54) is 12.3 Å². The van der Waals surface area contributed by atoms with Gasteiger partial charge < -0.3 is 10.2 Å². The molecule has 104 valence electrons. The zero-order valence-electron chi connectivity index (χ0n) is 11.4. The van der Waals surface area contributed by atoms with Crippen molar-refractivity contribution in [2.24, 2.45) is 0 Å². The summed E-state index contributed by atoms with van der Waals surface area (Å²) >= 11 is 0. The highest BCUT2D eigenvalue weighted by atomic mass is 19.1. The molecule has 1 aromatic carbocycles. The lowest BCUT2D eigenvalue weighted by Gasteiger charge is -2.10. The highest BCUT2D eigenvalue weighted by molar-refractivity contribution is 6.03. The number of hydrogen-bond acceptors (Lipinski definition) is 3. The smallest absolute Gasteiger partial charge is 0.257 e. The molecule has 2 aromatic rings. The largest absolute Gasteiger partial charge is 0.322 e. The van der Waals surface area contributed by atoms with Gasteiger partial charge in [0.15, 0.2) is 0 Å². The Hall–Kier alpha value is -2.27. The topological polar surface area (TPSA) is 45.2 Å². The molecule has 1 N–H and O–H groups in total. The molecule has 20 heavy (non-hydrogen) atoms. The summed E-state index contributed by atoms with van der Waals surface area (Å²) in [5, 5.41) is 2.74. The van der Waals surface area contributed by atoms with Crippen LogP contribution in [-0.2, 0) is 6.54 Å². The van der Waals surface area contributed by atoms with Crippen molar-refractivity contribution in [2.45, 2.75) is 6.54 Å². The number of carbonyl (C=O) groups excluding carboxylic acids is 1. The molecule has 2 rings (SSSR count). The van der Waals surface area contributed by atoms with Crippen LogP contribution in [0.25, 0.3) is 0 Å². The van der Waals surface area contributed by atoms with Crippen LogP contribution in [0.3, 0.4) is 0 Å². The monoisotopic (exact) mass is 273 g/mol. The SMILES string of the molecule is CN(C)Cc1ccc(NC(=O)c2ccc(F)nc2)cc1. The Morgan fingerprint density at radius 1 is 1.20 bits per heavy atom. The Kier molecular flexibility index (Phi) is 4.42. The number of aromatic nitrogens is 1. The van der Waals surface area contributed by atoms with E-state index in [1.807, 2.05) is 38.4 Å². The molecular formula is C15H16FN3O. The van der Waals surface area contributed by atoms with Gasteiger partial charge in [-0.3, -0.25) is 4.79 Å². The van der Waals surface area contributed by atoms with Gasteiger partial charge in [0.05, 0.1) is 5.56 Å². The lowest BCUT2D eigenvalue weighted by Crippen LogP contribution is -2.13. The van der Waals surface area contributed by atoms with Gasteiger partial charge in [0.25, 0.3) is 5.91 Å². The first kappa shape index (κ1) is 14.1. The molecule has 1 heterocycles. The molecule has 1 aromatic heterocycles. The number of nitrogens with zero attached hydrogens (tertiary/aromatic N) is 2. The lowest BCUT2D eigenvalue weighted by molar-refractivity contribution is 0.102. The van der Waals surface area contributed by atoms with Gasteiger partial charge in [0.2, 0.25) is 5.95 Å². The molecule has 0 bridgehead atoms.